The normalized spacial score (nSPS) is 17.2. The Labute approximate surface area is 200 Å². The number of hydrogen-bond acceptors (Lipinski definition) is 10. The smallest absolute Gasteiger partial charge is 0.469 e. The highest BCUT2D eigenvalue weighted by atomic mass is 16.7. The number of carbonyl (C=O) groups is 3. The third kappa shape index (κ3) is 6.35. The van der Waals surface area contributed by atoms with Crippen LogP contribution in [0.5, 0.6) is 5.75 Å². The van der Waals surface area contributed by atoms with Crippen LogP contribution in [0, 0.1) is 0 Å². The van der Waals surface area contributed by atoms with Gasteiger partial charge in [0.05, 0.1) is 56.5 Å². The van der Waals surface area contributed by atoms with Crippen LogP contribution in [0.2, 0.25) is 0 Å². The van der Waals surface area contributed by atoms with Crippen LogP contribution in [-0.4, -0.2) is 77.9 Å². The second kappa shape index (κ2) is 11.8. The molecule has 0 aromatic heterocycles. The Balaban J connectivity index is 2.56. The van der Waals surface area contributed by atoms with E-state index >= 15 is 0 Å². The molecule has 2 rings (SSSR count). The van der Waals surface area contributed by atoms with Gasteiger partial charge >= 0.3 is 19.1 Å². The molecule has 1 atom stereocenters. The number of benzene rings is 1. The van der Waals surface area contributed by atoms with Crippen LogP contribution < -0.4 is 10.2 Å². The molecule has 1 aromatic rings. The summed E-state index contributed by atoms with van der Waals surface area (Å²) in [6, 6.07) is 3.08. The molecule has 0 radical (unpaired) electrons. The van der Waals surface area contributed by atoms with Crippen LogP contribution in [-0.2, 0) is 37.8 Å². The molecule has 1 saturated heterocycles. The molecule has 0 saturated carbocycles. The van der Waals surface area contributed by atoms with Crippen LogP contribution >= 0.6 is 0 Å². The van der Waals surface area contributed by atoms with Crippen LogP contribution in [0.1, 0.15) is 56.0 Å². The first kappa shape index (κ1) is 27.8. The third-order valence-corrected chi connectivity index (χ3v) is 6.01. The van der Waals surface area contributed by atoms with Crippen LogP contribution in [0.3, 0.4) is 0 Å². The maximum absolute atomic E-state index is 12.5. The van der Waals surface area contributed by atoms with Gasteiger partial charge in [-0.25, -0.2) is 0 Å². The summed E-state index contributed by atoms with van der Waals surface area (Å²) >= 11 is 0. The highest BCUT2D eigenvalue weighted by Gasteiger charge is 2.53. The summed E-state index contributed by atoms with van der Waals surface area (Å²) in [5, 5.41) is 0. The molecule has 11 heteroatoms. The summed E-state index contributed by atoms with van der Waals surface area (Å²) < 4.78 is 38.1. The zero-order chi connectivity index (χ0) is 25.5. The Morgan fingerprint density at radius 2 is 1.68 bits per heavy atom. The first-order chi connectivity index (χ1) is 16.0. The Morgan fingerprint density at radius 1 is 1.03 bits per heavy atom. The molecular weight excluding hydrogens is 447 g/mol. The van der Waals surface area contributed by atoms with Gasteiger partial charge < -0.3 is 33.0 Å². The van der Waals surface area contributed by atoms with Crippen LogP contribution in [0.25, 0.3) is 0 Å². The summed E-state index contributed by atoms with van der Waals surface area (Å²) in [6.45, 7) is 8.07. The molecule has 10 nitrogen and oxygen atoms in total. The van der Waals surface area contributed by atoms with Gasteiger partial charge in [0.2, 0.25) is 0 Å². The molecule has 1 aliphatic heterocycles. The fraction of sp³-hybridized carbons (Fsp3) is 0.609. The van der Waals surface area contributed by atoms with Crippen molar-refractivity contribution in [1.82, 2.24) is 0 Å². The van der Waals surface area contributed by atoms with Crippen molar-refractivity contribution >= 4 is 30.8 Å². The van der Waals surface area contributed by atoms with E-state index in [9.17, 15) is 14.4 Å². The topological polar surface area (TPSA) is 116 Å². The molecule has 188 valence electrons. The quantitative estimate of drug-likeness (QED) is 0.144. The average molecular weight is 480 g/mol. The summed E-state index contributed by atoms with van der Waals surface area (Å²) in [5.41, 5.74) is -0.468. The van der Waals surface area contributed by atoms with Gasteiger partial charge in [-0.2, -0.15) is 0 Å². The Morgan fingerprint density at radius 3 is 2.21 bits per heavy atom. The van der Waals surface area contributed by atoms with Crippen molar-refractivity contribution in [2.75, 3.05) is 41.3 Å². The number of methoxy groups -OCH3 is 3. The third-order valence-electron chi connectivity index (χ3n) is 6.01. The van der Waals surface area contributed by atoms with Crippen molar-refractivity contribution < 1.29 is 47.4 Å². The van der Waals surface area contributed by atoms with Gasteiger partial charge in [-0.1, -0.05) is 6.07 Å². The van der Waals surface area contributed by atoms with Gasteiger partial charge in [-0.3, -0.25) is 14.4 Å². The predicted octanol–water partition coefficient (Wildman–Crippen LogP) is 1.62. The van der Waals surface area contributed by atoms with Gasteiger partial charge in [-0.15, -0.1) is 0 Å². The van der Waals surface area contributed by atoms with E-state index in [1.807, 2.05) is 27.7 Å². The van der Waals surface area contributed by atoms with Crippen molar-refractivity contribution in [2.45, 2.75) is 51.2 Å². The van der Waals surface area contributed by atoms with Gasteiger partial charge in [0.1, 0.15) is 5.75 Å². The number of esters is 2. The molecule has 1 unspecified atom stereocenters. The Hall–Kier alpha value is -2.47. The molecule has 1 aliphatic rings. The highest BCUT2D eigenvalue weighted by Crippen LogP contribution is 2.38. The summed E-state index contributed by atoms with van der Waals surface area (Å²) in [5.74, 6) is -2.08. The van der Waals surface area contributed by atoms with E-state index < -0.39 is 36.2 Å². The second-order valence-electron chi connectivity index (χ2n) is 8.75. The fourth-order valence-corrected chi connectivity index (χ4v) is 3.33. The largest absolute Gasteiger partial charge is 0.498 e. The monoisotopic (exact) mass is 480 g/mol. The lowest BCUT2D eigenvalue weighted by molar-refractivity contribution is -0.149. The summed E-state index contributed by atoms with van der Waals surface area (Å²) in [7, 11) is 3.09. The number of rotatable bonds is 12. The van der Waals surface area contributed by atoms with Crippen LogP contribution in [0.4, 0.5) is 0 Å². The standard InChI is InChI=1S/C23H33BO10/c1-22(2)23(3,4)34-24(33-22)18-11-15(17(21(27)30-7)12-19(26)29-6)10-16(13-25)20(18)32-14-31-9-8-28-5/h10-11,13,17H,8-9,12,14H2,1-7H3. The average Bonchev–Trinajstić information content (AvgIpc) is 3.02. The minimum absolute atomic E-state index is 0.135. The lowest BCUT2D eigenvalue weighted by Gasteiger charge is -2.32. The van der Waals surface area contributed by atoms with Gasteiger partial charge in [-0.05, 0) is 39.3 Å². The van der Waals surface area contributed by atoms with E-state index in [1.165, 1.54) is 20.3 Å². The molecule has 1 heterocycles. The second-order valence-corrected chi connectivity index (χ2v) is 8.75. The van der Waals surface area contributed by atoms with E-state index in [0.29, 0.717) is 30.5 Å². The van der Waals surface area contributed by atoms with Crippen molar-refractivity contribution in [3.05, 3.63) is 23.3 Å². The van der Waals surface area contributed by atoms with Crippen molar-refractivity contribution in [1.29, 1.82) is 0 Å². The molecule has 34 heavy (non-hydrogen) atoms. The van der Waals surface area contributed by atoms with E-state index in [4.69, 9.17) is 33.0 Å². The first-order valence-corrected chi connectivity index (χ1v) is 10.8. The molecular formula is C23H33BO10. The minimum Gasteiger partial charge on any atom is -0.469 e. The summed E-state index contributed by atoms with van der Waals surface area (Å²) in [4.78, 5) is 36.5. The molecule has 0 spiro atoms. The molecule has 1 fully saturated rings. The van der Waals surface area contributed by atoms with Gasteiger partial charge in [0.15, 0.2) is 13.1 Å². The Bertz CT molecular complexity index is 867. The summed E-state index contributed by atoms with van der Waals surface area (Å²) in [6.07, 6.45) is 0.319. The number of hydrogen-bond donors (Lipinski definition) is 0. The van der Waals surface area contributed by atoms with Gasteiger partial charge in [0.25, 0.3) is 0 Å². The molecule has 0 bridgehead atoms. The van der Waals surface area contributed by atoms with Gasteiger partial charge in [0, 0.05) is 12.6 Å². The van der Waals surface area contributed by atoms with Crippen molar-refractivity contribution in [2.24, 2.45) is 0 Å². The number of carbonyl (C=O) groups excluding carboxylic acids is 3. The minimum atomic E-state index is -1.01. The maximum Gasteiger partial charge on any atom is 0.498 e. The molecule has 0 N–H and O–H groups in total. The predicted molar refractivity (Wildman–Crippen MR) is 122 cm³/mol. The van der Waals surface area contributed by atoms with Crippen LogP contribution in [0.15, 0.2) is 12.1 Å². The zero-order valence-corrected chi connectivity index (χ0v) is 20.8. The fourth-order valence-electron chi connectivity index (χ4n) is 3.33. The zero-order valence-electron chi connectivity index (χ0n) is 20.8. The lowest BCUT2D eigenvalue weighted by Crippen LogP contribution is -2.41. The molecule has 0 aliphatic carbocycles. The highest BCUT2D eigenvalue weighted by molar-refractivity contribution is 6.63. The first-order valence-electron chi connectivity index (χ1n) is 10.8. The maximum atomic E-state index is 12.5. The SMILES string of the molecule is COCCOCOc1c(C=O)cc(C(CC(=O)OC)C(=O)OC)cc1B1OC(C)(C)C(C)(C)O1. The number of ether oxygens (including phenoxy) is 5. The number of aldehydes is 1. The van der Waals surface area contributed by atoms with E-state index in [2.05, 4.69) is 0 Å². The Kier molecular flexibility index (Phi) is 9.63. The lowest BCUT2D eigenvalue weighted by atomic mass is 9.75. The molecule has 0 amide bonds. The van der Waals surface area contributed by atoms with E-state index in [-0.39, 0.29) is 24.5 Å². The van der Waals surface area contributed by atoms with E-state index in [1.54, 1.807) is 13.2 Å². The molecule has 1 aromatic carbocycles. The van der Waals surface area contributed by atoms with E-state index in [0.717, 1.165) is 0 Å². The van der Waals surface area contributed by atoms with Crippen molar-refractivity contribution in [3.8, 4) is 5.75 Å². The van der Waals surface area contributed by atoms with Crippen molar-refractivity contribution in [3.63, 3.8) is 0 Å².